The van der Waals surface area contributed by atoms with Crippen LogP contribution in [0.1, 0.15) is 142 Å². The summed E-state index contributed by atoms with van der Waals surface area (Å²) in [7, 11) is 5.88. The molecule has 0 bridgehead atoms. The quantitative estimate of drug-likeness (QED) is 0.0990. The molecule has 5 aromatic carbocycles. The summed E-state index contributed by atoms with van der Waals surface area (Å²) in [6.07, 6.45) is 27.1. The number of aromatic amines is 4. The van der Waals surface area contributed by atoms with Gasteiger partial charge < -0.3 is 53.5 Å². The molecule has 3 fully saturated rings. The van der Waals surface area contributed by atoms with Gasteiger partial charge in [-0.05, 0) is 91.8 Å². The molecule has 24 rings (SSSR count). The Morgan fingerprint density at radius 1 is 0.408 bits per heavy atom. The molecule has 29 heteroatoms. The number of carbonyl (C=O) groups is 5. The Hall–Kier alpha value is -13.8. The van der Waals surface area contributed by atoms with E-state index in [4.69, 9.17) is 34.9 Å². The molecule has 7 aliphatic heterocycles. The van der Waals surface area contributed by atoms with Crippen molar-refractivity contribution in [2.24, 2.45) is 27.1 Å². The number of rotatable bonds is 10. The lowest BCUT2D eigenvalue weighted by atomic mass is 9.95. The van der Waals surface area contributed by atoms with E-state index in [-0.39, 0.29) is 29.5 Å². The van der Waals surface area contributed by atoms with E-state index >= 15 is 0 Å². The van der Waals surface area contributed by atoms with Crippen LogP contribution in [0.25, 0.3) is 122 Å². The van der Waals surface area contributed by atoms with Crippen molar-refractivity contribution >= 4 is 83.9 Å². The molecule has 1 saturated carbocycles. The zero-order chi connectivity index (χ0) is 89.1. The molecule has 4 N–H and O–H groups in total. The lowest BCUT2D eigenvalue weighted by molar-refractivity contribution is -0.130. The van der Waals surface area contributed by atoms with E-state index in [0.717, 1.165) is 229 Å². The summed E-state index contributed by atoms with van der Waals surface area (Å²) in [6, 6.07) is 40.4. The normalized spacial score (nSPS) is 16.3. The van der Waals surface area contributed by atoms with Crippen molar-refractivity contribution in [3.63, 3.8) is 0 Å². The molecule has 5 amide bonds. The summed E-state index contributed by atoms with van der Waals surface area (Å²) in [4.78, 5) is 83.9. The summed E-state index contributed by atoms with van der Waals surface area (Å²) in [5.74, 6) is 1.43. The number of fused-ring (bicyclic) bond motifs is 10. The van der Waals surface area contributed by atoms with E-state index in [1.54, 1.807) is 39.3 Å². The maximum atomic E-state index is 12.2. The Morgan fingerprint density at radius 3 is 1.45 bits per heavy atom. The largest absolute Gasteiger partial charge is 0.381 e. The van der Waals surface area contributed by atoms with Crippen LogP contribution in [0.3, 0.4) is 0 Å². The van der Waals surface area contributed by atoms with Crippen LogP contribution in [0.4, 0.5) is 0 Å². The molecule has 1 aliphatic carbocycles. The van der Waals surface area contributed by atoms with Gasteiger partial charge in [0.25, 0.3) is 0 Å². The van der Waals surface area contributed by atoms with Gasteiger partial charge in [0.15, 0.2) is 0 Å². The third-order valence-electron chi connectivity index (χ3n) is 27.7. The second kappa shape index (κ2) is 35.7. The topological polar surface area (TPSA) is 303 Å². The number of aryl methyl sites for hydroxylation is 3. The van der Waals surface area contributed by atoms with Crippen LogP contribution in [0, 0.1) is 5.92 Å². The SMILES string of the molecule is CC(=O)N1CCc2c(c(-c3c[nH]c4ccccc34)nn2C2CCOCC2)C1.CC(=O)N1CCc2c(c(-c3c[nH]c4ccccc34)nn2CC2CC2)C1.CC(=O)N1CCc2c(c(-c3cccc4[nH]ccc34)nn2C)C1.CC(=O)N1CCc2c(c(-c3cccc4[nH]ncc34)nn2C)C1.CC(=O)N1CCc2c(c(-c3cccc4cc(-c5cnn(C)c5)ncc34)cn2C2CCOCC2)C1. The molecule has 11 aromatic heterocycles. The monoisotopic (exact) mass is 1740 g/mol. The molecule has 2 saturated heterocycles. The van der Waals surface area contributed by atoms with E-state index in [0.29, 0.717) is 44.8 Å². The summed E-state index contributed by atoms with van der Waals surface area (Å²) < 4.78 is 23.8. The molecule has 0 unspecified atom stereocenters. The minimum atomic E-state index is 0.113. The molecule has 29 nitrogen and oxygen atoms in total. The second-order valence-corrected chi connectivity index (χ2v) is 35.8. The summed E-state index contributed by atoms with van der Waals surface area (Å²) in [5.41, 5.74) is 29.6. The number of benzene rings is 5. The average molecular weight is 1740 g/mol. The predicted octanol–water partition coefficient (Wildman–Crippen LogP) is 15.3. The second-order valence-electron chi connectivity index (χ2n) is 35.8. The number of nitrogens with zero attached hydrogens (tertiary/aromatic N) is 18. The van der Waals surface area contributed by atoms with Crippen molar-refractivity contribution in [2.75, 3.05) is 59.2 Å². The van der Waals surface area contributed by atoms with E-state index in [1.807, 2.05) is 123 Å². The fraction of sp³-hybridized carbons (Fsp3) is 0.366. The Labute approximate surface area is 752 Å². The number of hydrogen-bond donors (Lipinski definition) is 4. The number of H-pyrrole nitrogens is 4. The minimum Gasteiger partial charge on any atom is -0.381 e. The molecule has 130 heavy (non-hydrogen) atoms. The fourth-order valence-electron chi connectivity index (χ4n) is 20.5. The van der Waals surface area contributed by atoms with Crippen LogP contribution < -0.4 is 0 Å². The van der Waals surface area contributed by atoms with Crippen molar-refractivity contribution < 1.29 is 33.4 Å². The van der Waals surface area contributed by atoms with Crippen molar-refractivity contribution in [2.45, 2.75) is 157 Å². The van der Waals surface area contributed by atoms with Gasteiger partial charge >= 0.3 is 0 Å². The van der Waals surface area contributed by atoms with E-state index in [9.17, 15) is 24.0 Å². The zero-order valence-corrected chi connectivity index (χ0v) is 75.1. The summed E-state index contributed by atoms with van der Waals surface area (Å²) in [5, 5.41) is 37.9. The van der Waals surface area contributed by atoms with Crippen molar-refractivity contribution in [3.8, 4) is 67.4 Å². The number of nitrogens with one attached hydrogen (secondary N) is 4. The number of amides is 5. The first-order valence-electron chi connectivity index (χ1n) is 45.7. The Balaban J connectivity index is 0.000000103. The average Bonchev–Trinajstić information content (AvgIpc) is 1.61. The molecular formula is C101H110N22O7. The highest BCUT2D eigenvalue weighted by Crippen LogP contribution is 2.44. The van der Waals surface area contributed by atoms with E-state index in [1.165, 1.54) is 90.9 Å². The van der Waals surface area contributed by atoms with Gasteiger partial charge in [0.05, 0.1) is 52.4 Å². The van der Waals surface area contributed by atoms with Gasteiger partial charge in [-0.25, -0.2) is 0 Å². The van der Waals surface area contributed by atoms with Gasteiger partial charge in [0.1, 0.15) is 0 Å². The van der Waals surface area contributed by atoms with E-state index < -0.39 is 0 Å². The molecule has 0 radical (unpaired) electrons. The lowest BCUT2D eigenvalue weighted by Gasteiger charge is -2.30. The van der Waals surface area contributed by atoms with Gasteiger partial charge in [-0.2, -0.15) is 30.6 Å². The predicted molar refractivity (Wildman–Crippen MR) is 500 cm³/mol. The molecule has 8 aliphatic rings. The van der Waals surface area contributed by atoms with Gasteiger partial charge in [0.2, 0.25) is 29.5 Å². The standard InChI is InChI=1S/C27H29N5O2.C21H24N4O2.C20H22N4O.C17H18N4O.C16H17N5O/c1-18(33)31-9-6-27-25(16-31)24(17-32(27)21-7-10-34-11-8-21)22-5-3-4-19-12-26(28-14-23(19)22)20-13-29-30(2)15-20;1-14(26)24-9-6-20-18(13-24)21(23-25(20)15-7-10-27-11-8-15)17-12-22-19-5-3-2-4-16(17)19;1-13(25)23-9-8-19-17(12-23)20(22-24(19)11-14-6-7-14)16-10-21-18-5-3-2-4-15(16)18;1-11(22)21-9-7-16-14(10-21)17(19-20(16)2)13-4-3-5-15-12(13)6-8-18-15;1-10(22)21-7-6-15-13(9-21)16(19-20(15)2)11-4-3-5-14-12(11)8-17-18-14/h3-5,12-15,17,21H,6-11,16H2,1-2H3;2-5,12,15,22H,6-11,13H2,1H3;2-5,10,14,21H,6-9,11-12H2,1H3;3-6,8,18H,7,9-10H2,1-2H3;3-5,8H,6-7,9H2,1-2H3,(H,17,18). The van der Waals surface area contributed by atoms with E-state index in [2.05, 4.69) is 142 Å². The van der Waals surface area contributed by atoms with Crippen molar-refractivity contribution in [1.29, 1.82) is 0 Å². The molecule has 0 atom stereocenters. The van der Waals surface area contributed by atoms with Crippen LogP contribution in [-0.2, 0) is 126 Å². The Bertz CT molecular complexity index is 6850. The minimum absolute atomic E-state index is 0.113. The van der Waals surface area contributed by atoms with Gasteiger partial charge in [-0.15, -0.1) is 0 Å². The zero-order valence-electron chi connectivity index (χ0n) is 75.1. The highest BCUT2D eigenvalue weighted by molar-refractivity contribution is 6.01. The number of aromatic nitrogens is 17. The maximum absolute atomic E-state index is 12.2. The summed E-state index contributed by atoms with van der Waals surface area (Å²) in [6.45, 7) is 19.6. The van der Waals surface area contributed by atoms with Crippen LogP contribution in [0.15, 0.2) is 165 Å². The summed E-state index contributed by atoms with van der Waals surface area (Å²) >= 11 is 0. The first kappa shape index (κ1) is 84.4. The first-order valence-corrected chi connectivity index (χ1v) is 45.7. The third-order valence-corrected chi connectivity index (χ3v) is 27.7. The molecule has 666 valence electrons. The van der Waals surface area contributed by atoms with Gasteiger partial charge in [-0.1, -0.05) is 78.9 Å². The van der Waals surface area contributed by atoms with Gasteiger partial charge in [-0.3, -0.25) is 57.5 Å². The highest BCUT2D eigenvalue weighted by atomic mass is 16.5. The first-order chi connectivity index (χ1) is 63.3. The van der Waals surface area contributed by atoms with Crippen LogP contribution in [0.2, 0.25) is 0 Å². The number of para-hydroxylation sites is 2. The van der Waals surface area contributed by atoms with Crippen LogP contribution >= 0.6 is 0 Å². The van der Waals surface area contributed by atoms with Crippen molar-refractivity contribution in [1.82, 2.24) is 108 Å². The fourth-order valence-corrected chi connectivity index (χ4v) is 20.5. The third kappa shape index (κ3) is 16.5. The highest BCUT2D eigenvalue weighted by Gasteiger charge is 2.36. The molecular weight excluding hydrogens is 1630 g/mol. The Kier molecular flexibility index (Phi) is 23.2. The smallest absolute Gasteiger partial charge is 0.219 e. The van der Waals surface area contributed by atoms with Gasteiger partial charge in [0, 0.05) is 363 Å². The molecule has 18 heterocycles. The molecule has 16 aromatic rings. The van der Waals surface area contributed by atoms with Crippen molar-refractivity contribution in [3.05, 3.63) is 221 Å². The van der Waals surface area contributed by atoms with Crippen LogP contribution in [0.5, 0.6) is 0 Å². The molecule has 0 spiro atoms. The number of carbonyl (C=O) groups excluding carboxylic acids is 5. The maximum Gasteiger partial charge on any atom is 0.219 e. The number of ether oxygens (including phenoxy) is 2. The number of pyridine rings is 1. The lowest BCUT2D eigenvalue weighted by Crippen LogP contribution is -2.35. The Morgan fingerprint density at radius 2 is 0.877 bits per heavy atom. The van der Waals surface area contributed by atoms with Crippen LogP contribution in [-0.4, -0.2) is 197 Å². The number of hydrogen-bond acceptors (Lipinski definition) is 14.